The summed E-state index contributed by atoms with van der Waals surface area (Å²) in [6.45, 7) is 3.89. The normalized spacial score (nSPS) is 11.9. The second kappa shape index (κ2) is 5.92. The van der Waals surface area contributed by atoms with Crippen LogP contribution in [-0.4, -0.2) is 10.8 Å². The second-order valence-corrected chi connectivity index (χ2v) is 5.99. The van der Waals surface area contributed by atoms with Gasteiger partial charge in [-0.3, -0.25) is 14.9 Å². The van der Waals surface area contributed by atoms with Crippen molar-refractivity contribution in [3.63, 3.8) is 0 Å². The number of carbonyl (C=O) groups excluding carboxylic acids is 1. The fourth-order valence-corrected chi connectivity index (χ4v) is 2.78. The van der Waals surface area contributed by atoms with E-state index in [1.165, 1.54) is 23.1 Å². The molecule has 7 heteroatoms. The van der Waals surface area contributed by atoms with Crippen molar-refractivity contribution >= 4 is 28.6 Å². The molecule has 21 heavy (non-hydrogen) atoms. The Labute approximate surface area is 125 Å². The highest BCUT2D eigenvalue weighted by atomic mass is 32.1. The minimum Gasteiger partial charge on any atom is -0.393 e. The van der Waals surface area contributed by atoms with Gasteiger partial charge in [0.15, 0.2) is 0 Å². The lowest BCUT2D eigenvalue weighted by Gasteiger charge is -2.12. The molecule has 0 saturated carbocycles. The first-order valence-electron chi connectivity index (χ1n) is 6.29. The molecule has 0 bridgehead atoms. The average Bonchev–Trinajstić information content (AvgIpc) is 2.84. The lowest BCUT2D eigenvalue weighted by atomic mass is 10.1. The molecule has 1 atom stereocenters. The van der Waals surface area contributed by atoms with E-state index in [4.69, 9.17) is 5.73 Å². The molecule has 0 aliphatic heterocycles. The summed E-state index contributed by atoms with van der Waals surface area (Å²) in [5.74, 6) is -0.310. The van der Waals surface area contributed by atoms with Crippen LogP contribution in [0.4, 0.5) is 11.4 Å². The van der Waals surface area contributed by atoms with Crippen LogP contribution >= 0.6 is 11.3 Å². The Morgan fingerprint density at radius 2 is 2.10 bits per heavy atom. The van der Waals surface area contributed by atoms with Gasteiger partial charge < -0.3 is 11.1 Å². The Kier molecular flexibility index (Phi) is 4.23. The third kappa shape index (κ3) is 3.38. The first-order valence-corrected chi connectivity index (χ1v) is 7.11. The van der Waals surface area contributed by atoms with Crippen molar-refractivity contribution in [3.05, 3.63) is 55.8 Å². The number of anilines is 1. The zero-order valence-corrected chi connectivity index (χ0v) is 12.4. The Morgan fingerprint density at radius 1 is 1.38 bits per heavy atom. The molecule has 0 aliphatic carbocycles. The first-order chi connectivity index (χ1) is 9.88. The Bertz CT molecular complexity index is 697. The highest BCUT2D eigenvalue weighted by molar-refractivity contribution is 7.12. The minimum absolute atomic E-state index is 0.0210. The van der Waals surface area contributed by atoms with Crippen LogP contribution < -0.4 is 11.1 Å². The maximum Gasteiger partial charge on any atom is 0.292 e. The molecule has 0 aliphatic rings. The Balaban J connectivity index is 2.13. The molecule has 1 heterocycles. The molecule has 1 unspecified atom stereocenters. The molecule has 6 nitrogen and oxygen atoms in total. The maximum absolute atomic E-state index is 12.1. The van der Waals surface area contributed by atoms with Crippen LogP contribution in [0.25, 0.3) is 0 Å². The zero-order valence-electron chi connectivity index (χ0n) is 11.6. The van der Waals surface area contributed by atoms with Crippen molar-refractivity contribution in [2.75, 3.05) is 5.73 Å². The number of nitrogens with two attached hydrogens (primary N) is 1. The van der Waals surface area contributed by atoms with Crippen LogP contribution in [-0.2, 0) is 0 Å². The van der Waals surface area contributed by atoms with E-state index in [0.717, 1.165) is 4.88 Å². The van der Waals surface area contributed by atoms with Gasteiger partial charge in [-0.05, 0) is 38.1 Å². The maximum atomic E-state index is 12.1. The van der Waals surface area contributed by atoms with Crippen LogP contribution in [0.3, 0.4) is 0 Å². The molecule has 0 radical (unpaired) electrons. The summed E-state index contributed by atoms with van der Waals surface area (Å²) >= 11 is 1.61. The molecular formula is C14H15N3O3S. The van der Waals surface area contributed by atoms with Crippen molar-refractivity contribution in [3.8, 4) is 0 Å². The van der Waals surface area contributed by atoms with Gasteiger partial charge in [-0.2, -0.15) is 0 Å². The predicted molar refractivity (Wildman–Crippen MR) is 82.4 cm³/mol. The second-order valence-electron chi connectivity index (χ2n) is 4.67. The van der Waals surface area contributed by atoms with Gasteiger partial charge in [0.25, 0.3) is 11.6 Å². The smallest absolute Gasteiger partial charge is 0.292 e. The lowest BCUT2D eigenvalue weighted by molar-refractivity contribution is -0.383. The van der Waals surface area contributed by atoms with E-state index in [-0.39, 0.29) is 23.3 Å². The summed E-state index contributed by atoms with van der Waals surface area (Å²) in [5, 5.41) is 13.5. The fraction of sp³-hybridized carbons (Fsp3) is 0.214. The van der Waals surface area contributed by atoms with Crippen LogP contribution in [0, 0.1) is 17.0 Å². The summed E-state index contributed by atoms with van der Waals surface area (Å²) in [7, 11) is 0. The number of nitro groups is 1. The zero-order chi connectivity index (χ0) is 15.6. The molecule has 2 aromatic rings. The highest BCUT2D eigenvalue weighted by Gasteiger charge is 2.17. The molecule has 0 fully saturated rings. The number of nitrogen functional groups attached to an aromatic ring is 1. The van der Waals surface area contributed by atoms with Gasteiger partial charge in [0.1, 0.15) is 5.69 Å². The van der Waals surface area contributed by atoms with Crippen LogP contribution in [0.15, 0.2) is 30.3 Å². The van der Waals surface area contributed by atoms with Gasteiger partial charge in [-0.15, -0.1) is 11.3 Å². The largest absolute Gasteiger partial charge is 0.393 e. The summed E-state index contributed by atoms with van der Waals surface area (Å²) in [4.78, 5) is 24.5. The number of carbonyl (C=O) groups is 1. The van der Waals surface area contributed by atoms with Crippen molar-refractivity contribution in [1.82, 2.24) is 5.32 Å². The standard InChI is InChI=1S/C14H15N3O3S/c1-8-3-6-13(21-8)9(2)16-14(18)10-4-5-12(17(19)20)11(15)7-10/h3-7,9H,15H2,1-2H3,(H,16,18). The van der Waals surface area contributed by atoms with Gasteiger partial charge in [-0.25, -0.2) is 0 Å². The van der Waals surface area contributed by atoms with E-state index in [9.17, 15) is 14.9 Å². The lowest BCUT2D eigenvalue weighted by Crippen LogP contribution is -2.26. The predicted octanol–water partition coefficient (Wildman–Crippen LogP) is 3.04. The summed E-state index contributed by atoms with van der Waals surface area (Å²) < 4.78 is 0. The Hall–Kier alpha value is -2.41. The number of rotatable bonds is 4. The van der Waals surface area contributed by atoms with E-state index >= 15 is 0 Å². The van der Waals surface area contributed by atoms with Crippen LogP contribution in [0.2, 0.25) is 0 Å². The van der Waals surface area contributed by atoms with Gasteiger partial charge in [-0.1, -0.05) is 0 Å². The molecule has 1 amide bonds. The summed E-state index contributed by atoms with van der Waals surface area (Å²) in [6.07, 6.45) is 0. The monoisotopic (exact) mass is 305 g/mol. The molecule has 110 valence electrons. The van der Waals surface area contributed by atoms with Crippen molar-refractivity contribution in [2.45, 2.75) is 19.9 Å². The molecular weight excluding hydrogens is 290 g/mol. The quantitative estimate of drug-likeness (QED) is 0.515. The van der Waals surface area contributed by atoms with Crippen LogP contribution in [0.1, 0.15) is 33.1 Å². The first kappa shape index (κ1) is 15.0. The van der Waals surface area contributed by atoms with Gasteiger partial charge >= 0.3 is 0 Å². The number of amides is 1. The number of thiophene rings is 1. The third-order valence-corrected chi connectivity index (χ3v) is 4.21. The van der Waals surface area contributed by atoms with Gasteiger partial charge in [0.05, 0.1) is 11.0 Å². The van der Waals surface area contributed by atoms with Crippen molar-refractivity contribution in [2.24, 2.45) is 0 Å². The number of nitrogens with zero attached hydrogens (tertiary/aromatic N) is 1. The molecule has 2 rings (SSSR count). The molecule has 3 N–H and O–H groups in total. The van der Waals surface area contributed by atoms with Gasteiger partial charge in [0.2, 0.25) is 0 Å². The topological polar surface area (TPSA) is 98.3 Å². The number of nitro benzene ring substituents is 1. The number of nitrogens with one attached hydrogen (secondary N) is 1. The molecule has 1 aromatic heterocycles. The van der Waals surface area contributed by atoms with E-state index in [0.29, 0.717) is 5.56 Å². The van der Waals surface area contributed by atoms with Crippen molar-refractivity contribution < 1.29 is 9.72 Å². The van der Waals surface area contributed by atoms with E-state index in [1.807, 2.05) is 26.0 Å². The molecule has 1 aromatic carbocycles. The fourth-order valence-electron chi connectivity index (χ4n) is 1.90. The van der Waals surface area contributed by atoms with E-state index < -0.39 is 4.92 Å². The third-order valence-electron chi connectivity index (χ3n) is 3.02. The summed E-state index contributed by atoms with van der Waals surface area (Å²) in [5.41, 5.74) is 5.67. The van der Waals surface area contributed by atoms with Crippen LogP contribution in [0.5, 0.6) is 0 Å². The number of benzene rings is 1. The van der Waals surface area contributed by atoms with E-state index in [1.54, 1.807) is 11.3 Å². The summed E-state index contributed by atoms with van der Waals surface area (Å²) in [6, 6.07) is 7.79. The molecule has 0 spiro atoms. The molecule has 0 saturated heterocycles. The van der Waals surface area contributed by atoms with Crippen molar-refractivity contribution in [1.29, 1.82) is 0 Å². The van der Waals surface area contributed by atoms with E-state index in [2.05, 4.69) is 5.32 Å². The Morgan fingerprint density at radius 3 is 2.62 bits per heavy atom. The number of hydrogen-bond donors (Lipinski definition) is 2. The average molecular weight is 305 g/mol. The minimum atomic E-state index is -0.575. The van der Waals surface area contributed by atoms with Gasteiger partial charge in [0, 0.05) is 21.4 Å². The highest BCUT2D eigenvalue weighted by Crippen LogP contribution is 2.24. The SMILES string of the molecule is Cc1ccc(C(C)NC(=O)c2ccc([N+](=O)[O-])c(N)c2)s1. The number of aryl methyl sites for hydroxylation is 1. The number of hydrogen-bond acceptors (Lipinski definition) is 5.